The molecule has 13 heavy (non-hydrogen) atoms. The van der Waals surface area contributed by atoms with Crippen LogP contribution in [0.2, 0.25) is 0 Å². The van der Waals surface area contributed by atoms with E-state index in [9.17, 15) is 0 Å². The summed E-state index contributed by atoms with van der Waals surface area (Å²) in [4.78, 5) is 4.05. The average molecular weight is 310 g/mol. The molecule has 4 heteroatoms. The van der Waals surface area contributed by atoms with Gasteiger partial charge in [0.15, 0.2) is 0 Å². The van der Waals surface area contributed by atoms with Crippen molar-refractivity contribution in [3.8, 4) is 0 Å². The Morgan fingerprint density at radius 2 is 2.00 bits per heavy atom. The van der Waals surface area contributed by atoms with Gasteiger partial charge in [-0.05, 0) is 30.9 Å². The molecule has 2 rings (SSSR count). The molecule has 1 saturated carbocycles. The lowest BCUT2D eigenvalue weighted by molar-refractivity contribution is 0.253. The summed E-state index contributed by atoms with van der Waals surface area (Å²) in [5, 5.41) is 0. The van der Waals surface area contributed by atoms with Crippen LogP contribution in [-0.4, -0.2) is 4.98 Å². The molecule has 1 aliphatic carbocycles. The number of halogens is 2. The first-order valence-electron chi connectivity index (χ1n) is 4.01. The number of hydrogen-bond donors (Lipinski definition) is 1. The Hall–Kier alpha value is 0.0700. The second kappa shape index (κ2) is 5.08. The fourth-order valence-electron chi connectivity index (χ4n) is 1.50. The number of rotatable bonds is 1. The Morgan fingerprint density at radius 3 is 2.38 bits per heavy atom. The van der Waals surface area contributed by atoms with Crippen LogP contribution >= 0.6 is 34.0 Å². The summed E-state index contributed by atoms with van der Waals surface area (Å²) in [6.07, 6.45) is 7.13. The van der Waals surface area contributed by atoms with Gasteiger partial charge in [-0.1, -0.05) is 6.07 Å². The zero-order valence-electron chi connectivity index (χ0n) is 7.27. The zero-order valence-corrected chi connectivity index (χ0v) is 10.7. The average Bonchev–Trinajstić information content (AvgIpc) is 2.02. The maximum atomic E-state index is 6.08. The van der Waals surface area contributed by atoms with Crippen LogP contribution in [0, 0.1) is 0 Å². The molecule has 74 valence electrons. The third-order valence-corrected chi connectivity index (χ3v) is 2.48. The molecule has 0 bridgehead atoms. The number of pyridine rings is 1. The van der Waals surface area contributed by atoms with E-state index in [1.54, 1.807) is 6.20 Å². The predicted molar refractivity (Wildman–Crippen MR) is 64.6 cm³/mol. The predicted octanol–water partition coefficient (Wildman–Crippen LogP) is 2.58. The second-order valence-electron chi connectivity index (χ2n) is 3.25. The molecular weight excluding hydrogens is 296 g/mol. The van der Waals surface area contributed by atoms with Crippen LogP contribution in [-0.2, 0) is 5.54 Å². The lowest BCUT2D eigenvalue weighted by Crippen LogP contribution is -2.43. The van der Waals surface area contributed by atoms with Crippen molar-refractivity contribution in [1.82, 2.24) is 4.98 Å². The first-order chi connectivity index (χ1) is 5.31. The van der Waals surface area contributed by atoms with Crippen molar-refractivity contribution in [2.24, 2.45) is 5.73 Å². The Bertz CT molecular complexity index is 247. The highest BCUT2D eigenvalue weighted by Gasteiger charge is 2.34. The van der Waals surface area contributed by atoms with Gasteiger partial charge in [0.2, 0.25) is 0 Å². The molecule has 0 aromatic carbocycles. The van der Waals surface area contributed by atoms with Crippen LogP contribution in [0.4, 0.5) is 0 Å². The molecular formula is C9H14Br2N2. The molecule has 1 aromatic rings. The Labute approximate surface area is 99.5 Å². The van der Waals surface area contributed by atoms with Gasteiger partial charge in [0, 0.05) is 17.9 Å². The molecule has 0 aliphatic heterocycles. The highest BCUT2D eigenvalue weighted by molar-refractivity contribution is 8.93. The minimum absolute atomic E-state index is 0. The summed E-state index contributed by atoms with van der Waals surface area (Å²) < 4.78 is 0. The van der Waals surface area contributed by atoms with E-state index in [2.05, 4.69) is 11.1 Å². The molecule has 2 nitrogen and oxygen atoms in total. The van der Waals surface area contributed by atoms with E-state index >= 15 is 0 Å². The Kier molecular flexibility index (Phi) is 5.10. The summed E-state index contributed by atoms with van der Waals surface area (Å²) in [5.74, 6) is 0. The lowest BCUT2D eigenvalue weighted by Gasteiger charge is -2.38. The number of nitrogens with two attached hydrogens (primary N) is 1. The van der Waals surface area contributed by atoms with Gasteiger partial charge in [0.05, 0.1) is 0 Å². The van der Waals surface area contributed by atoms with E-state index in [4.69, 9.17) is 5.73 Å². The fourth-order valence-corrected chi connectivity index (χ4v) is 1.50. The van der Waals surface area contributed by atoms with Crippen LogP contribution < -0.4 is 5.73 Å². The molecule has 0 unspecified atom stereocenters. The monoisotopic (exact) mass is 308 g/mol. The summed E-state index contributed by atoms with van der Waals surface area (Å²) >= 11 is 0. The van der Waals surface area contributed by atoms with Crippen molar-refractivity contribution in [2.75, 3.05) is 0 Å². The molecule has 0 atom stereocenters. The largest absolute Gasteiger partial charge is 0.321 e. The molecule has 1 aromatic heterocycles. The van der Waals surface area contributed by atoms with Gasteiger partial charge in [-0.25, -0.2) is 0 Å². The topological polar surface area (TPSA) is 38.9 Å². The molecule has 2 N–H and O–H groups in total. The van der Waals surface area contributed by atoms with Crippen molar-refractivity contribution >= 4 is 34.0 Å². The minimum atomic E-state index is -0.0474. The van der Waals surface area contributed by atoms with Crippen LogP contribution in [0.5, 0.6) is 0 Å². The highest BCUT2D eigenvalue weighted by atomic mass is 79.9. The van der Waals surface area contributed by atoms with Crippen molar-refractivity contribution in [1.29, 1.82) is 0 Å². The third-order valence-electron chi connectivity index (χ3n) is 2.48. The van der Waals surface area contributed by atoms with E-state index in [1.807, 2.05) is 12.3 Å². The standard InChI is InChI=1S/C9H12N2.2BrH/c10-9(4-2-5-9)8-3-1-6-11-7-8;;/h1,3,6-7H,2,4-5,10H2;2*1H. The molecule has 1 heterocycles. The Balaban J connectivity index is 0.000000720. The maximum absolute atomic E-state index is 6.08. The van der Waals surface area contributed by atoms with Crippen molar-refractivity contribution in [3.05, 3.63) is 30.1 Å². The normalized spacial score (nSPS) is 17.6. The molecule has 1 aliphatic rings. The summed E-state index contributed by atoms with van der Waals surface area (Å²) in [5.41, 5.74) is 7.22. The van der Waals surface area contributed by atoms with Gasteiger partial charge in [-0.2, -0.15) is 0 Å². The zero-order chi connectivity index (χ0) is 7.73. The fraction of sp³-hybridized carbons (Fsp3) is 0.444. The van der Waals surface area contributed by atoms with Gasteiger partial charge in [-0.15, -0.1) is 34.0 Å². The third kappa shape index (κ3) is 2.51. The van der Waals surface area contributed by atoms with E-state index in [1.165, 1.54) is 12.0 Å². The van der Waals surface area contributed by atoms with Gasteiger partial charge in [0.25, 0.3) is 0 Å². The molecule has 0 amide bonds. The molecule has 0 saturated heterocycles. The van der Waals surface area contributed by atoms with Crippen molar-refractivity contribution in [2.45, 2.75) is 24.8 Å². The van der Waals surface area contributed by atoms with Crippen LogP contribution in [0.3, 0.4) is 0 Å². The number of aromatic nitrogens is 1. The number of hydrogen-bond acceptors (Lipinski definition) is 2. The quantitative estimate of drug-likeness (QED) is 0.866. The number of nitrogens with zero attached hydrogens (tertiary/aromatic N) is 1. The van der Waals surface area contributed by atoms with Crippen molar-refractivity contribution < 1.29 is 0 Å². The summed E-state index contributed by atoms with van der Waals surface area (Å²) in [7, 11) is 0. The smallest absolute Gasteiger partial charge is 0.0425 e. The maximum Gasteiger partial charge on any atom is 0.0425 e. The van der Waals surface area contributed by atoms with E-state index in [-0.39, 0.29) is 39.5 Å². The van der Waals surface area contributed by atoms with Gasteiger partial charge in [-0.3, -0.25) is 4.98 Å². The lowest BCUT2D eigenvalue weighted by atomic mass is 9.73. The minimum Gasteiger partial charge on any atom is -0.321 e. The first kappa shape index (κ1) is 13.1. The molecule has 0 radical (unpaired) electrons. The highest BCUT2D eigenvalue weighted by Crippen LogP contribution is 2.37. The van der Waals surface area contributed by atoms with E-state index < -0.39 is 0 Å². The van der Waals surface area contributed by atoms with Crippen LogP contribution in [0.15, 0.2) is 24.5 Å². The van der Waals surface area contributed by atoms with E-state index in [0.717, 1.165) is 12.8 Å². The first-order valence-corrected chi connectivity index (χ1v) is 4.01. The Morgan fingerprint density at radius 1 is 1.31 bits per heavy atom. The van der Waals surface area contributed by atoms with Crippen LogP contribution in [0.1, 0.15) is 24.8 Å². The van der Waals surface area contributed by atoms with Crippen LogP contribution in [0.25, 0.3) is 0 Å². The second-order valence-corrected chi connectivity index (χ2v) is 3.25. The van der Waals surface area contributed by atoms with E-state index in [0.29, 0.717) is 0 Å². The van der Waals surface area contributed by atoms with Gasteiger partial charge < -0.3 is 5.73 Å². The van der Waals surface area contributed by atoms with Gasteiger partial charge in [0.1, 0.15) is 0 Å². The summed E-state index contributed by atoms with van der Waals surface area (Å²) in [6.45, 7) is 0. The summed E-state index contributed by atoms with van der Waals surface area (Å²) in [6, 6.07) is 4.01. The molecule has 1 fully saturated rings. The SMILES string of the molecule is Br.Br.NC1(c2cccnc2)CCC1. The van der Waals surface area contributed by atoms with Crippen molar-refractivity contribution in [3.63, 3.8) is 0 Å². The van der Waals surface area contributed by atoms with Gasteiger partial charge >= 0.3 is 0 Å². The molecule has 0 spiro atoms.